The van der Waals surface area contributed by atoms with E-state index in [9.17, 15) is 9.90 Å². The quantitative estimate of drug-likeness (QED) is 0.160. The fourth-order valence-electron chi connectivity index (χ4n) is 4.17. The summed E-state index contributed by atoms with van der Waals surface area (Å²) in [4.78, 5) is 12.7. The van der Waals surface area contributed by atoms with Gasteiger partial charge in [-0.2, -0.15) is 0 Å². The van der Waals surface area contributed by atoms with E-state index in [1.807, 2.05) is 6.92 Å². The molecule has 0 fully saturated rings. The lowest BCUT2D eigenvalue weighted by molar-refractivity contribution is 0.0500. The second-order valence-corrected chi connectivity index (χ2v) is 8.89. The molecule has 2 aromatic rings. The van der Waals surface area contributed by atoms with Crippen molar-refractivity contribution in [1.29, 1.82) is 0 Å². The Hall–Kier alpha value is -2.27. The van der Waals surface area contributed by atoms with Crippen LogP contribution < -0.4 is 10.2 Å². The highest BCUT2D eigenvalue weighted by Gasteiger charge is 2.20. The van der Waals surface area contributed by atoms with Crippen molar-refractivity contribution < 1.29 is 19.0 Å². The first-order chi connectivity index (χ1) is 16.0. The molecule has 1 heterocycles. The zero-order valence-electron chi connectivity index (χ0n) is 21.0. The summed E-state index contributed by atoms with van der Waals surface area (Å²) >= 11 is 0. The Morgan fingerprint density at radius 1 is 0.939 bits per heavy atom. The average Bonchev–Trinajstić information content (AvgIpc) is 2.80. The molecule has 1 N–H and O–H groups in total. The predicted molar refractivity (Wildman–Crippen MR) is 135 cm³/mol. The summed E-state index contributed by atoms with van der Waals surface area (Å²) in [5.41, 5.74) is 1.41. The van der Waals surface area contributed by atoms with Crippen molar-refractivity contribution in [3.05, 3.63) is 45.3 Å². The van der Waals surface area contributed by atoms with Gasteiger partial charge in [-0.25, -0.2) is 0 Å². The van der Waals surface area contributed by atoms with E-state index in [4.69, 9.17) is 13.9 Å². The van der Waals surface area contributed by atoms with Crippen molar-refractivity contribution >= 4 is 11.0 Å². The van der Waals surface area contributed by atoms with Crippen LogP contribution in [0.5, 0.6) is 11.5 Å². The normalized spacial score (nSPS) is 11.6. The number of methoxy groups -OCH3 is 1. The Bertz CT molecular complexity index is 942. The molecular weight excluding hydrogens is 416 g/mol. The molecule has 0 amide bonds. The number of benzene rings is 1. The third kappa shape index (κ3) is 8.22. The Morgan fingerprint density at radius 2 is 1.58 bits per heavy atom. The molecule has 5 nitrogen and oxygen atoms in total. The zero-order chi connectivity index (χ0) is 24.1. The maximum Gasteiger partial charge on any atom is 0.196 e. The first-order valence-corrected chi connectivity index (χ1v) is 12.6. The van der Waals surface area contributed by atoms with E-state index >= 15 is 0 Å². The van der Waals surface area contributed by atoms with Crippen LogP contribution in [0.25, 0.3) is 11.0 Å². The van der Waals surface area contributed by atoms with Gasteiger partial charge in [-0.05, 0) is 39.5 Å². The van der Waals surface area contributed by atoms with Gasteiger partial charge in [0.2, 0.25) is 0 Å². The minimum atomic E-state index is -0.211. The largest absolute Gasteiger partial charge is 0.507 e. The standard InChI is InChI=1S/C28H42O5/c1-5-6-7-8-9-10-11-12-13-14-15-16-17-18-23-19-24(29)25-26(30)21(2)27(32-20-31-4)22(3)28(25)33-23/h8-9,19,30H,5-7,10-18,20H2,1-4H3/b9-8-. The number of unbranched alkanes of at least 4 members (excludes halogenated alkanes) is 9. The molecule has 1 aromatic heterocycles. The maximum absolute atomic E-state index is 12.7. The molecule has 0 unspecified atom stereocenters. The van der Waals surface area contributed by atoms with Crippen molar-refractivity contribution in [1.82, 2.24) is 0 Å². The van der Waals surface area contributed by atoms with Crippen molar-refractivity contribution in [3.63, 3.8) is 0 Å². The van der Waals surface area contributed by atoms with Gasteiger partial charge in [-0.15, -0.1) is 0 Å². The van der Waals surface area contributed by atoms with Gasteiger partial charge in [0, 0.05) is 30.7 Å². The smallest absolute Gasteiger partial charge is 0.196 e. The lowest BCUT2D eigenvalue weighted by Crippen LogP contribution is -2.08. The molecule has 0 bridgehead atoms. The van der Waals surface area contributed by atoms with Gasteiger partial charge in [0.15, 0.2) is 12.2 Å². The summed E-state index contributed by atoms with van der Waals surface area (Å²) in [5.74, 6) is 1.07. The van der Waals surface area contributed by atoms with Crippen molar-refractivity contribution in [3.8, 4) is 11.5 Å². The molecule has 5 heteroatoms. The Labute approximate surface area is 198 Å². The number of aromatic hydroxyl groups is 1. The summed E-state index contributed by atoms with van der Waals surface area (Å²) in [6.45, 7) is 5.86. The second-order valence-electron chi connectivity index (χ2n) is 8.89. The third-order valence-corrected chi connectivity index (χ3v) is 6.12. The van der Waals surface area contributed by atoms with E-state index in [0.29, 0.717) is 28.2 Å². The van der Waals surface area contributed by atoms with Gasteiger partial charge >= 0.3 is 0 Å². The van der Waals surface area contributed by atoms with Crippen LogP contribution in [0.15, 0.2) is 27.4 Å². The van der Waals surface area contributed by atoms with Crippen LogP contribution in [0.2, 0.25) is 0 Å². The summed E-state index contributed by atoms with van der Waals surface area (Å²) in [6.07, 6.45) is 18.8. The zero-order valence-corrected chi connectivity index (χ0v) is 21.0. The van der Waals surface area contributed by atoms with Gasteiger partial charge in [-0.3, -0.25) is 4.79 Å². The lowest BCUT2D eigenvalue weighted by atomic mass is 10.0. The van der Waals surface area contributed by atoms with Crippen LogP contribution >= 0.6 is 0 Å². The topological polar surface area (TPSA) is 68.9 Å². The highest BCUT2D eigenvalue weighted by molar-refractivity contribution is 5.89. The number of phenols is 1. The average molecular weight is 459 g/mol. The lowest BCUT2D eigenvalue weighted by Gasteiger charge is -2.15. The van der Waals surface area contributed by atoms with Gasteiger partial charge in [0.1, 0.15) is 28.2 Å². The molecule has 0 spiro atoms. The maximum atomic E-state index is 12.7. The van der Waals surface area contributed by atoms with Crippen LogP contribution in [0, 0.1) is 13.8 Å². The van der Waals surface area contributed by atoms with E-state index in [1.54, 1.807) is 6.92 Å². The van der Waals surface area contributed by atoms with Crippen LogP contribution in [0.3, 0.4) is 0 Å². The Balaban J connectivity index is 1.81. The van der Waals surface area contributed by atoms with E-state index < -0.39 is 0 Å². The molecule has 0 aliphatic carbocycles. The SMILES string of the molecule is CCCC/C=C\CCCCCCCCCc1cc(=O)c2c(O)c(C)c(OCOC)c(C)c2o1. The monoisotopic (exact) mass is 458 g/mol. The fourth-order valence-corrected chi connectivity index (χ4v) is 4.17. The molecule has 0 radical (unpaired) electrons. The molecular formula is C28H42O5. The summed E-state index contributed by atoms with van der Waals surface area (Å²) in [7, 11) is 1.54. The van der Waals surface area contributed by atoms with Crippen LogP contribution in [-0.2, 0) is 11.2 Å². The van der Waals surface area contributed by atoms with Gasteiger partial charge in [0.25, 0.3) is 0 Å². The number of hydrogen-bond acceptors (Lipinski definition) is 5. The third-order valence-electron chi connectivity index (χ3n) is 6.12. The summed E-state index contributed by atoms with van der Waals surface area (Å²) in [6, 6.07) is 1.52. The first kappa shape index (κ1) is 27.0. The summed E-state index contributed by atoms with van der Waals surface area (Å²) < 4.78 is 16.7. The number of rotatable bonds is 16. The van der Waals surface area contributed by atoms with E-state index in [2.05, 4.69) is 19.1 Å². The van der Waals surface area contributed by atoms with Gasteiger partial charge < -0.3 is 19.0 Å². The van der Waals surface area contributed by atoms with Crippen LogP contribution in [-0.4, -0.2) is 19.0 Å². The molecule has 2 rings (SSSR count). The summed E-state index contributed by atoms with van der Waals surface area (Å²) in [5, 5.41) is 10.8. The van der Waals surface area contributed by atoms with Crippen molar-refractivity contribution in [2.75, 3.05) is 13.9 Å². The highest BCUT2D eigenvalue weighted by Crippen LogP contribution is 2.38. The van der Waals surface area contributed by atoms with Crippen molar-refractivity contribution in [2.45, 2.75) is 97.8 Å². The number of ether oxygens (including phenoxy) is 2. The predicted octanol–water partition coefficient (Wildman–Crippen LogP) is 7.51. The Morgan fingerprint density at radius 3 is 2.24 bits per heavy atom. The number of hydrogen-bond donors (Lipinski definition) is 1. The molecule has 33 heavy (non-hydrogen) atoms. The fraction of sp³-hybridized carbons (Fsp3) is 0.607. The molecule has 184 valence electrons. The first-order valence-electron chi connectivity index (χ1n) is 12.6. The molecule has 0 saturated carbocycles. The molecule has 1 aromatic carbocycles. The van der Waals surface area contributed by atoms with E-state index in [0.717, 1.165) is 19.3 Å². The number of allylic oxidation sites excluding steroid dienone is 2. The number of phenolic OH excluding ortho intramolecular Hbond substituents is 1. The molecule has 0 saturated heterocycles. The van der Waals surface area contributed by atoms with Gasteiger partial charge in [-0.1, -0.05) is 64.0 Å². The van der Waals surface area contributed by atoms with Crippen LogP contribution in [0.4, 0.5) is 0 Å². The van der Waals surface area contributed by atoms with Crippen LogP contribution in [0.1, 0.15) is 94.4 Å². The number of aryl methyl sites for hydroxylation is 2. The van der Waals surface area contributed by atoms with Gasteiger partial charge in [0.05, 0.1) is 0 Å². The van der Waals surface area contributed by atoms with E-state index in [1.165, 1.54) is 71.0 Å². The van der Waals surface area contributed by atoms with Crippen molar-refractivity contribution in [2.24, 2.45) is 0 Å². The number of fused-ring (bicyclic) bond motifs is 1. The molecule has 0 aliphatic heterocycles. The highest BCUT2D eigenvalue weighted by atomic mass is 16.7. The minimum absolute atomic E-state index is 0.0617. The molecule has 0 aliphatic rings. The Kier molecular flexibility index (Phi) is 12.1. The van der Waals surface area contributed by atoms with E-state index in [-0.39, 0.29) is 23.4 Å². The minimum Gasteiger partial charge on any atom is -0.507 e. The molecule has 0 atom stereocenters. The second kappa shape index (κ2) is 14.8.